The molecule has 0 saturated carbocycles. The van der Waals surface area contributed by atoms with Crippen molar-refractivity contribution in [2.24, 2.45) is 4.99 Å². The standard InChI is InChI=1S/C25H25N3O3S/c1-5-17-7-6-8-19-18(12-26-23(17)19)11-20-24(30)28(25(31)32-20)13-21(29)27-22-15(3)9-14(2)10-16(22)4/h6-12,30H,5,13H2,1-4H3,(H,27,29). The highest BCUT2D eigenvalue weighted by Crippen LogP contribution is 2.37. The molecule has 2 heterocycles. The second-order valence-corrected chi connectivity index (χ2v) is 8.98. The van der Waals surface area contributed by atoms with Crippen LogP contribution in [0, 0.1) is 20.8 Å². The molecule has 0 aliphatic carbocycles. The minimum absolute atomic E-state index is 0.214. The summed E-state index contributed by atoms with van der Waals surface area (Å²) in [6.45, 7) is 7.68. The Morgan fingerprint density at radius 2 is 1.94 bits per heavy atom. The van der Waals surface area contributed by atoms with E-state index >= 15 is 0 Å². The van der Waals surface area contributed by atoms with Gasteiger partial charge in [-0.25, -0.2) is 0 Å². The lowest BCUT2D eigenvalue weighted by Crippen LogP contribution is -2.24. The van der Waals surface area contributed by atoms with Crippen LogP contribution in [0.3, 0.4) is 0 Å². The predicted octanol–water partition coefficient (Wildman–Crippen LogP) is 5.00. The van der Waals surface area contributed by atoms with Crippen LogP contribution in [0.1, 0.15) is 39.6 Å². The molecule has 1 aliphatic heterocycles. The van der Waals surface area contributed by atoms with Crippen molar-refractivity contribution in [1.82, 2.24) is 4.57 Å². The normalized spacial score (nSPS) is 13.6. The number of aryl methyl sites for hydroxylation is 4. The second kappa shape index (κ2) is 8.59. The molecule has 6 nitrogen and oxygen atoms in total. The molecular weight excluding hydrogens is 422 g/mol. The van der Waals surface area contributed by atoms with Crippen molar-refractivity contribution in [2.45, 2.75) is 40.7 Å². The van der Waals surface area contributed by atoms with E-state index in [1.165, 1.54) is 0 Å². The molecule has 0 bridgehead atoms. The van der Waals surface area contributed by atoms with E-state index in [4.69, 9.17) is 0 Å². The van der Waals surface area contributed by atoms with Crippen LogP contribution in [0.5, 0.6) is 5.88 Å². The molecule has 0 unspecified atom stereocenters. The monoisotopic (exact) mass is 447 g/mol. The molecule has 1 amide bonds. The Bertz CT molecular complexity index is 1320. The van der Waals surface area contributed by atoms with Gasteiger partial charge in [-0.1, -0.05) is 54.2 Å². The molecule has 1 aliphatic rings. The smallest absolute Gasteiger partial charge is 0.311 e. The first-order valence-corrected chi connectivity index (χ1v) is 11.3. The molecule has 0 fully saturated rings. The summed E-state index contributed by atoms with van der Waals surface area (Å²) in [6, 6.07) is 9.98. The highest BCUT2D eigenvalue weighted by Gasteiger charge is 2.19. The summed E-state index contributed by atoms with van der Waals surface area (Å²) in [7, 11) is 0. The van der Waals surface area contributed by atoms with Crippen LogP contribution in [-0.2, 0) is 17.8 Å². The third-order valence-electron chi connectivity index (χ3n) is 5.57. The Kier molecular flexibility index (Phi) is 5.84. The number of aromatic hydroxyl groups is 1. The number of aliphatic imine (C=N–C) groups is 1. The van der Waals surface area contributed by atoms with Crippen molar-refractivity contribution in [3.05, 3.63) is 72.7 Å². The molecule has 0 spiro atoms. The van der Waals surface area contributed by atoms with Gasteiger partial charge >= 0.3 is 4.87 Å². The molecule has 7 heteroatoms. The van der Waals surface area contributed by atoms with Crippen LogP contribution in [0.2, 0.25) is 0 Å². The van der Waals surface area contributed by atoms with E-state index in [0.717, 1.165) is 67.1 Å². The Labute approximate surface area is 190 Å². The summed E-state index contributed by atoms with van der Waals surface area (Å²) in [5.41, 5.74) is 7.63. The van der Waals surface area contributed by atoms with E-state index in [1.807, 2.05) is 51.1 Å². The van der Waals surface area contributed by atoms with E-state index in [0.29, 0.717) is 4.88 Å². The fourth-order valence-electron chi connectivity index (χ4n) is 4.07. The maximum Gasteiger partial charge on any atom is 0.311 e. The highest BCUT2D eigenvalue weighted by atomic mass is 32.1. The Morgan fingerprint density at radius 1 is 1.22 bits per heavy atom. The number of anilines is 1. The number of thiazole rings is 1. The minimum Gasteiger partial charge on any atom is -0.493 e. The van der Waals surface area contributed by atoms with Gasteiger partial charge in [-0.3, -0.25) is 19.1 Å². The highest BCUT2D eigenvalue weighted by molar-refractivity contribution is 7.10. The fourth-order valence-corrected chi connectivity index (χ4v) is 4.91. The first-order chi connectivity index (χ1) is 15.3. The van der Waals surface area contributed by atoms with Crippen LogP contribution in [-0.4, -0.2) is 21.8 Å². The molecule has 0 radical (unpaired) electrons. The Balaban J connectivity index is 1.59. The van der Waals surface area contributed by atoms with Crippen molar-refractivity contribution >= 4 is 46.5 Å². The van der Waals surface area contributed by atoms with Crippen LogP contribution in [0.15, 0.2) is 40.1 Å². The number of carbonyl (C=O) groups excluding carboxylic acids is 1. The third-order valence-corrected chi connectivity index (χ3v) is 6.48. The maximum atomic E-state index is 12.6. The summed E-state index contributed by atoms with van der Waals surface area (Å²) in [4.78, 5) is 29.7. The number of amides is 1. The van der Waals surface area contributed by atoms with Gasteiger partial charge < -0.3 is 10.4 Å². The zero-order valence-electron chi connectivity index (χ0n) is 18.5. The summed E-state index contributed by atoms with van der Waals surface area (Å²) in [5.74, 6) is -0.580. The molecule has 32 heavy (non-hydrogen) atoms. The SMILES string of the molecule is CCc1cccc2c1N=CC2=Cc1sc(=O)n(CC(=O)Nc2c(C)cc(C)cc2C)c1O. The molecular formula is C25H25N3O3S. The first kappa shape index (κ1) is 21.8. The lowest BCUT2D eigenvalue weighted by molar-refractivity contribution is -0.116. The molecule has 164 valence electrons. The quantitative estimate of drug-likeness (QED) is 0.577. The van der Waals surface area contributed by atoms with Gasteiger partial charge in [-0.2, -0.15) is 0 Å². The molecule has 0 saturated heterocycles. The molecule has 2 N–H and O–H groups in total. The summed E-state index contributed by atoms with van der Waals surface area (Å²) >= 11 is 0.908. The molecule has 0 atom stereocenters. The molecule has 3 aromatic rings. The number of allylic oxidation sites excluding steroid dienone is 1. The van der Waals surface area contributed by atoms with Gasteiger partial charge in [0.25, 0.3) is 0 Å². The lowest BCUT2D eigenvalue weighted by atomic mass is 10.0. The second-order valence-electron chi connectivity index (χ2n) is 7.99. The van der Waals surface area contributed by atoms with Gasteiger partial charge in [-0.15, -0.1) is 0 Å². The number of fused-ring (bicyclic) bond motifs is 1. The number of aromatic nitrogens is 1. The average Bonchev–Trinajstić information content (AvgIpc) is 3.27. The zero-order chi connectivity index (χ0) is 23.0. The predicted molar refractivity (Wildman–Crippen MR) is 131 cm³/mol. The third kappa shape index (κ3) is 4.03. The van der Waals surface area contributed by atoms with E-state index in [1.54, 1.807) is 12.3 Å². The fraction of sp³-hybridized carbons (Fsp3) is 0.240. The number of rotatable bonds is 5. The van der Waals surface area contributed by atoms with E-state index < -0.39 is 0 Å². The van der Waals surface area contributed by atoms with Crippen molar-refractivity contribution < 1.29 is 9.90 Å². The molecule has 4 rings (SSSR count). The maximum absolute atomic E-state index is 12.6. The van der Waals surface area contributed by atoms with Gasteiger partial charge in [0.05, 0.1) is 10.6 Å². The van der Waals surface area contributed by atoms with Crippen molar-refractivity contribution in [3.8, 4) is 5.88 Å². The summed E-state index contributed by atoms with van der Waals surface area (Å²) in [5, 5.41) is 13.6. The van der Waals surface area contributed by atoms with Gasteiger partial charge in [0.1, 0.15) is 6.54 Å². The summed E-state index contributed by atoms with van der Waals surface area (Å²) in [6.07, 6.45) is 4.37. The lowest BCUT2D eigenvalue weighted by Gasteiger charge is -2.13. The summed E-state index contributed by atoms with van der Waals surface area (Å²) < 4.78 is 1.10. The Morgan fingerprint density at radius 3 is 2.62 bits per heavy atom. The van der Waals surface area contributed by atoms with E-state index in [2.05, 4.69) is 17.2 Å². The largest absolute Gasteiger partial charge is 0.493 e. The first-order valence-electron chi connectivity index (χ1n) is 10.5. The van der Waals surface area contributed by atoms with Crippen molar-refractivity contribution in [3.63, 3.8) is 0 Å². The van der Waals surface area contributed by atoms with Gasteiger partial charge in [0.15, 0.2) is 0 Å². The van der Waals surface area contributed by atoms with E-state index in [-0.39, 0.29) is 23.2 Å². The number of nitrogens with one attached hydrogen (secondary N) is 1. The van der Waals surface area contributed by atoms with Crippen LogP contribution in [0.25, 0.3) is 11.6 Å². The van der Waals surface area contributed by atoms with E-state index in [9.17, 15) is 14.7 Å². The Hall–Kier alpha value is -3.45. The number of hydrogen-bond acceptors (Lipinski definition) is 5. The van der Waals surface area contributed by atoms with Crippen LogP contribution < -0.4 is 10.2 Å². The van der Waals surface area contributed by atoms with Crippen molar-refractivity contribution in [2.75, 3.05) is 5.32 Å². The minimum atomic E-state index is -0.390. The number of carbonyl (C=O) groups is 1. The number of hydrogen-bond donors (Lipinski definition) is 2. The molecule has 2 aromatic carbocycles. The number of para-hydroxylation sites is 1. The van der Waals surface area contributed by atoms with Gasteiger partial charge in [0, 0.05) is 23.0 Å². The number of nitrogens with zero attached hydrogens (tertiary/aromatic N) is 2. The van der Waals surface area contributed by atoms with Gasteiger partial charge in [0.2, 0.25) is 11.8 Å². The van der Waals surface area contributed by atoms with Crippen LogP contribution in [0.4, 0.5) is 11.4 Å². The topological polar surface area (TPSA) is 83.7 Å². The van der Waals surface area contributed by atoms with Gasteiger partial charge in [-0.05, 0) is 50.0 Å². The number of benzene rings is 2. The zero-order valence-corrected chi connectivity index (χ0v) is 19.3. The molecule has 1 aromatic heterocycles. The average molecular weight is 448 g/mol. The van der Waals surface area contributed by atoms with Crippen molar-refractivity contribution in [1.29, 1.82) is 0 Å². The van der Waals surface area contributed by atoms with Crippen LogP contribution >= 0.6 is 11.3 Å².